The summed E-state index contributed by atoms with van der Waals surface area (Å²) in [6, 6.07) is 11.2. The monoisotopic (exact) mass is 229 g/mol. The van der Waals surface area contributed by atoms with Gasteiger partial charge in [0.25, 0.3) is 0 Å². The minimum atomic E-state index is -0.181. The Kier molecular flexibility index (Phi) is 4.75. The molecule has 0 spiro atoms. The van der Waals surface area contributed by atoms with Gasteiger partial charge in [-0.2, -0.15) is 5.26 Å². The summed E-state index contributed by atoms with van der Waals surface area (Å²) in [7, 11) is 0. The molecule has 1 heteroatoms. The maximum atomic E-state index is 9.33. The standard InChI is InChI=1S/C16H23N/c1-5-16(6-2,12-17)11-14-7-9-15(10-8-14)13(3)4/h7-10,13H,5-6,11H2,1-4H3. The van der Waals surface area contributed by atoms with Crippen LogP contribution in [-0.4, -0.2) is 0 Å². The highest BCUT2D eigenvalue weighted by Crippen LogP contribution is 2.30. The van der Waals surface area contributed by atoms with Crippen LogP contribution in [0.15, 0.2) is 24.3 Å². The van der Waals surface area contributed by atoms with Gasteiger partial charge in [0.2, 0.25) is 0 Å². The van der Waals surface area contributed by atoms with E-state index in [1.807, 2.05) is 0 Å². The van der Waals surface area contributed by atoms with E-state index in [0.717, 1.165) is 19.3 Å². The summed E-state index contributed by atoms with van der Waals surface area (Å²) in [4.78, 5) is 0. The second kappa shape index (κ2) is 5.87. The summed E-state index contributed by atoms with van der Waals surface area (Å²) in [5, 5.41) is 9.33. The van der Waals surface area contributed by atoms with E-state index in [9.17, 15) is 5.26 Å². The van der Waals surface area contributed by atoms with E-state index in [4.69, 9.17) is 0 Å². The van der Waals surface area contributed by atoms with E-state index >= 15 is 0 Å². The van der Waals surface area contributed by atoms with E-state index in [2.05, 4.69) is 58.0 Å². The minimum Gasteiger partial charge on any atom is -0.198 e. The van der Waals surface area contributed by atoms with Crippen LogP contribution in [0.4, 0.5) is 0 Å². The van der Waals surface area contributed by atoms with Gasteiger partial charge in [0.15, 0.2) is 0 Å². The third kappa shape index (κ3) is 3.33. The summed E-state index contributed by atoms with van der Waals surface area (Å²) >= 11 is 0. The van der Waals surface area contributed by atoms with Crippen LogP contribution in [-0.2, 0) is 6.42 Å². The molecule has 0 unspecified atom stereocenters. The smallest absolute Gasteiger partial charge is 0.0693 e. The summed E-state index contributed by atoms with van der Waals surface area (Å²) in [6.45, 7) is 8.61. The van der Waals surface area contributed by atoms with E-state index in [0.29, 0.717) is 5.92 Å². The number of nitrogens with zero attached hydrogens (tertiary/aromatic N) is 1. The summed E-state index contributed by atoms with van der Waals surface area (Å²) in [5.41, 5.74) is 2.46. The van der Waals surface area contributed by atoms with Crippen LogP contribution in [0.25, 0.3) is 0 Å². The normalized spacial score (nSPS) is 11.5. The molecule has 0 saturated carbocycles. The van der Waals surface area contributed by atoms with Gasteiger partial charge in [-0.1, -0.05) is 52.0 Å². The zero-order valence-electron chi connectivity index (χ0n) is 11.5. The lowest BCUT2D eigenvalue weighted by molar-refractivity contribution is 0.363. The molecule has 0 aliphatic carbocycles. The Morgan fingerprint density at radius 3 is 2.00 bits per heavy atom. The molecule has 0 aromatic heterocycles. The predicted octanol–water partition coefficient (Wildman–Crippen LogP) is 4.68. The van der Waals surface area contributed by atoms with Crippen LogP contribution < -0.4 is 0 Å². The maximum Gasteiger partial charge on any atom is 0.0693 e. The van der Waals surface area contributed by atoms with Crippen molar-refractivity contribution in [2.45, 2.75) is 52.9 Å². The van der Waals surface area contributed by atoms with E-state index in [1.165, 1.54) is 11.1 Å². The van der Waals surface area contributed by atoms with Gasteiger partial charge in [-0.25, -0.2) is 0 Å². The van der Waals surface area contributed by atoms with Crippen molar-refractivity contribution >= 4 is 0 Å². The van der Waals surface area contributed by atoms with Gasteiger partial charge in [-0.3, -0.25) is 0 Å². The molecule has 1 nitrogen and oxygen atoms in total. The molecule has 0 radical (unpaired) electrons. The molecule has 0 bridgehead atoms. The Morgan fingerprint density at radius 1 is 1.12 bits per heavy atom. The van der Waals surface area contributed by atoms with Gasteiger partial charge >= 0.3 is 0 Å². The van der Waals surface area contributed by atoms with E-state index in [1.54, 1.807) is 0 Å². The van der Waals surface area contributed by atoms with Crippen LogP contribution >= 0.6 is 0 Å². The quantitative estimate of drug-likeness (QED) is 0.719. The molecular formula is C16H23N. The Labute approximate surface area is 105 Å². The lowest BCUT2D eigenvalue weighted by atomic mass is 9.78. The van der Waals surface area contributed by atoms with Crippen LogP contribution in [0.5, 0.6) is 0 Å². The molecule has 0 fully saturated rings. The summed E-state index contributed by atoms with van der Waals surface area (Å²) in [6.07, 6.45) is 2.72. The second-order valence-electron chi connectivity index (χ2n) is 5.17. The highest BCUT2D eigenvalue weighted by atomic mass is 14.4. The third-order valence-corrected chi connectivity index (χ3v) is 3.78. The number of rotatable bonds is 5. The Morgan fingerprint density at radius 2 is 1.65 bits per heavy atom. The zero-order valence-corrected chi connectivity index (χ0v) is 11.5. The van der Waals surface area contributed by atoms with Crippen molar-refractivity contribution in [2.75, 3.05) is 0 Å². The first-order chi connectivity index (χ1) is 8.06. The lowest BCUT2D eigenvalue weighted by Crippen LogP contribution is -2.19. The number of hydrogen-bond acceptors (Lipinski definition) is 1. The third-order valence-electron chi connectivity index (χ3n) is 3.78. The van der Waals surface area contributed by atoms with Gasteiger partial charge in [-0.15, -0.1) is 0 Å². The molecular weight excluding hydrogens is 206 g/mol. The molecule has 0 N–H and O–H groups in total. The first-order valence-corrected chi connectivity index (χ1v) is 6.57. The molecule has 1 aromatic rings. The average molecular weight is 229 g/mol. The Balaban J connectivity index is 2.85. The molecule has 0 aliphatic rings. The number of benzene rings is 1. The van der Waals surface area contributed by atoms with Crippen LogP contribution in [0.1, 0.15) is 57.6 Å². The fourth-order valence-corrected chi connectivity index (χ4v) is 2.11. The molecule has 0 amide bonds. The van der Waals surface area contributed by atoms with Crippen molar-refractivity contribution in [3.63, 3.8) is 0 Å². The van der Waals surface area contributed by atoms with Crippen molar-refractivity contribution in [3.05, 3.63) is 35.4 Å². The fourth-order valence-electron chi connectivity index (χ4n) is 2.11. The van der Waals surface area contributed by atoms with E-state index in [-0.39, 0.29) is 5.41 Å². The van der Waals surface area contributed by atoms with Gasteiger partial charge in [0, 0.05) is 0 Å². The molecule has 92 valence electrons. The second-order valence-corrected chi connectivity index (χ2v) is 5.17. The predicted molar refractivity (Wildman–Crippen MR) is 72.9 cm³/mol. The molecule has 0 saturated heterocycles. The van der Waals surface area contributed by atoms with Gasteiger partial charge in [0.05, 0.1) is 11.5 Å². The minimum absolute atomic E-state index is 0.181. The van der Waals surface area contributed by atoms with Gasteiger partial charge in [-0.05, 0) is 36.3 Å². The Hall–Kier alpha value is -1.29. The van der Waals surface area contributed by atoms with Crippen LogP contribution in [0.3, 0.4) is 0 Å². The average Bonchev–Trinajstić information content (AvgIpc) is 2.37. The fraction of sp³-hybridized carbons (Fsp3) is 0.562. The van der Waals surface area contributed by atoms with Crippen molar-refractivity contribution in [1.82, 2.24) is 0 Å². The molecule has 0 atom stereocenters. The van der Waals surface area contributed by atoms with Gasteiger partial charge < -0.3 is 0 Å². The first-order valence-electron chi connectivity index (χ1n) is 6.57. The summed E-state index contributed by atoms with van der Waals surface area (Å²) < 4.78 is 0. The first kappa shape index (κ1) is 13.8. The van der Waals surface area contributed by atoms with Crippen molar-refractivity contribution in [1.29, 1.82) is 5.26 Å². The maximum absolute atomic E-state index is 9.33. The topological polar surface area (TPSA) is 23.8 Å². The zero-order chi connectivity index (χ0) is 12.9. The number of hydrogen-bond donors (Lipinski definition) is 0. The molecule has 1 aromatic carbocycles. The molecule has 0 aliphatic heterocycles. The molecule has 17 heavy (non-hydrogen) atoms. The highest BCUT2D eigenvalue weighted by molar-refractivity contribution is 5.26. The lowest BCUT2D eigenvalue weighted by Gasteiger charge is -2.23. The van der Waals surface area contributed by atoms with Crippen molar-refractivity contribution in [3.8, 4) is 6.07 Å². The summed E-state index contributed by atoms with van der Waals surface area (Å²) in [5.74, 6) is 0.571. The van der Waals surface area contributed by atoms with E-state index < -0.39 is 0 Å². The van der Waals surface area contributed by atoms with Crippen LogP contribution in [0, 0.1) is 16.7 Å². The van der Waals surface area contributed by atoms with Crippen molar-refractivity contribution in [2.24, 2.45) is 5.41 Å². The number of nitriles is 1. The van der Waals surface area contributed by atoms with Crippen LogP contribution in [0.2, 0.25) is 0 Å². The SMILES string of the molecule is CCC(C#N)(CC)Cc1ccc(C(C)C)cc1. The van der Waals surface area contributed by atoms with Gasteiger partial charge in [0.1, 0.15) is 0 Å². The molecule has 1 rings (SSSR count). The molecule has 0 heterocycles. The largest absolute Gasteiger partial charge is 0.198 e. The Bertz CT molecular complexity index is 377. The highest BCUT2D eigenvalue weighted by Gasteiger charge is 2.25. The van der Waals surface area contributed by atoms with Crippen molar-refractivity contribution < 1.29 is 0 Å².